The summed E-state index contributed by atoms with van der Waals surface area (Å²) in [6.45, 7) is 4.36. The van der Waals surface area contributed by atoms with Crippen molar-refractivity contribution in [2.45, 2.75) is 32.8 Å². The summed E-state index contributed by atoms with van der Waals surface area (Å²) in [6.07, 6.45) is 2.90. The van der Waals surface area contributed by atoms with Gasteiger partial charge in [0.05, 0.1) is 6.10 Å². The predicted molar refractivity (Wildman–Crippen MR) is 68.8 cm³/mol. The van der Waals surface area contributed by atoms with Crippen LogP contribution in [0.4, 0.5) is 11.6 Å². The summed E-state index contributed by atoms with van der Waals surface area (Å²) in [4.78, 5) is 10.3. The number of hydrazine groups is 1. The lowest BCUT2D eigenvalue weighted by Crippen LogP contribution is -2.29. The van der Waals surface area contributed by atoms with E-state index >= 15 is 0 Å². The first-order chi connectivity index (χ1) is 8.10. The van der Waals surface area contributed by atoms with Crippen LogP contribution >= 0.6 is 0 Å². The number of nitrogens with one attached hydrogen (secondary N) is 1. The Labute approximate surface area is 102 Å². The molecule has 1 rings (SSSR count). The van der Waals surface area contributed by atoms with Gasteiger partial charge in [-0.1, -0.05) is 13.3 Å². The lowest BCUT2D eigenvalue weighted by Gasteiger charge is -2.23. The fraction of sp³-hybridized carbons (Fsp3) is 0.636. The molecule has 4 N–H and O–H groups in total. The average Bonchev–Trinajstić information content (AvgIpc) is 2.28. The van der Waals surface area contributed by atoms with Crippen molar-refractivity contribution in [2.24, 2.45) is 5.84 Å². The molecule has 0 spiro atoms. The second-order valence-corrected chi connectivity index (χ2v) is 4.15. The van der Waals surface area contributed by atoms with Crippen LogP contribution in [0.1, 0.15) is 25.8 Å². The molecule has 0 aliphatic heterocycles. The van der Waals surface area contributed by atoms with Crippen LogP contribution in [0, 0.1) is 0 Å². The molecular weight excluding hydrogens is 218 g/mol. The van der Waals surface area contributed by atoms with E-state index in [-0.39, 0.29) is 0 Å². The fourth-order valence-electron chi connectivity index (χ4n) is 1.82. The van der Waals surface area contributed by atoms with E-state index in [2.05, 4.69) is 22.3 Å². The van der Waals surface area contributed by atoms with E-state index < -0.39 is 6.10 Å². The molecule has 1 heterocycles. The van der Waals surface area contributed by atoms with Crippen LogP contribution in [0.2, 0.25) is 0 Å². The molecule has 6 nitrogen and oxygen atoms in total. The van der Waals surface area contributed by atoms with Crippen molar-refractivity contribution >= 4 is 11.6 Å². The highest BCUT2D eigenvalue weighted by Crippen LogP contribution is 2.23. The van der Waals surface area contributed by atoms with Gasteiger partial charge in [0.1, 0.15) is 18.0 Å². The molecule has 0 fully saturated rings. The zero-order chi connectivity index (χ0) is 12.8. The van der Waals surface area contributed by atoms with Gasteiger partial charge in [0.2, 0.25) is 0 Å². The van der Waals surface area contributed by atoms with Gasteiger partial charge >= 0.3 is 0 Å². The number of aliphatic hydroxyl groups is 1. The van der Waals surface area contributed by atoms with E-state index in [4.69, 9.17) is 5.84 Å². The highest BCUT2D eigenvalue weighted by molar-refractivity contribution is 5.58. The Morgan fingerprint density at radius 2 is 2.24 bits per heavy atom. The van der Waals surface area contributed by atoms with Crippen molar-refractivity contribution in [2.75, 3.05) is 23.9 Å². The Bertz CT molecular complexity index is 356. The molecule has 0 aliphatic carbocycles. The summed E-state index contributed by atoms with van der Waals surface area (Å²) < 4.78 is 0. The molecule has 96 valence electrons. The van der Waals surface area contributed by atoms with Crippen LogP contribution < -0.4 is 16.2 Å². The van der Waals surface area contributed by atoms with Crippen LogP contribution in [0.15, 0.2) is 6.33 Å². The highest BCUT2D eigenvalue weighted by Gasteiger charge is 2.14. The number of nitrogens with two attached hydrogens (primary N) is 1. The Morgan fingerprint density at radius 1 is 1.53 bits per heavy atom. The Balaban J connectivity index is 3.04. The SMILES string of the molecule is CCCc1c(NN)ncnc1N(C)CC(C)O. The zero-order valence-corrected chi connectivity index (χ0v) is 10.6. The standard InChI is InChI=1S/C11H21N5O/c1-4-5-9-10(15-12)13-7-14-11(9)16(3)6-8(2)17/h7-8,17H,4-6,12H2,1-3H3,(H,13,14,15). The maximum absolute atomic E-state index is 9.41. The highest BCUT2D eigenvalue weighted by atomic mass is 16.3. The number of aliphatic hydroxyl groups excluding tert-OH is 1. The summed E-state index contributed by atoms with van der Waals surface area (Å²) in [5, 5.41) is 9.41. The van der Waals surface area contributed by atoms with E-state index in [9.17, 15) is 5.11 Å². The molecule has 1 unspecified atom stereocenters. The van der Waals surface area contributed by atoms with E-state index in [1.807, 2.05) is 11.9 Å². The summed E-state index contributed by atoms with van der Waals surface area (Å²) in [5.74, 6) is 6.91. The van der Waals surface area contributed by atoms with Gasteiger partial charge in [-0.05, 0) is 13.3 Å². The van der Waals surface area contributed by atoms with E-state index in [1.54, 1.807) is 6.92 Å². The van der Waals surface area contributed by atoms with Crippen molar-refractivity contribution in [3.63, 3.8) is 0 Å². The van der Waals surface area contributed by atoms with Gasteiger partial charge < -0.3 is 15.4 Å². The second-order valence-electron chi connectivity index (χ2n) is 4.15. The minimum Gasteiger partial charge on any atom is -0.392 e. The van der Waals surface area contributed by atoms with Crippen LogP contribution in [0.3, 0.4) is 0 Å². The van der Waals surface area contributed by atoms with E-state index in [0.717, 1.165) is 24.2 Å². The van der Waals surface area contributed by atoms with Crippen molar-refractivity contribution in [1.29, 1.82) is 0 Å². The molecule has 0 aromatic carbocycles. The maximum Gasteiger partial charge on any atom is 0.148 e. The van der Waals surface area contributed by atoms with Gasteiger partial charge in [-0.2, -0.15) is 0 Å². The molecule has 17 heavy (non-hydrogen) atoms. The molecule has 0 amide bonds. The third-order valence-corrected chi connectivity index (χ3v) is 2.46. The quantitative estimate of drug-likeness (QED) is 0.496. The molecule has 1 aromatic heterocycles. The first kappa shape index (κ1) is 13.7. The first-order valence-electron chi connectivity index (χ1n) is 5.79. The van der Waals surface area contributed by atoms with Crippen molar-refractivity contribution in [3.8, 4) is 0 Å². The number of rotatable bonds is 6. The predicted octanol–water partition coefficient (Wildman–Crippen LogP) is 0.532. The molecule has 1 aromatic rings. The molecule has 0 radical (unpaired) electrons. The Kier molecular flexibility index (Phi) is 5.11. The fourth-order valence-corrected chi connectivity index (χ4v) is 1.82. The number of aromatic nitrogens is 2. The number of hydrogen-bond acceptors (Lipinski definition) is 6. The third-order valence-electron chi connectivity index (χ3n) is 2.46. The normalized spacial score (nSPS) is 12.3. The molecular formula is C11H21N5O. The van der Waals surface area contributed by atoms with Gasteiger partial charge in [0.15, 0.2) is 0 Å². The minimum absolute atomic E-state index is 0.404. The summed E-state index contributed by atoms with van der Waals surface area (Å²) in [6, 6.07) is 0. The Hall–Kier alpha value is -1.40. The lowest BCUT2D eigenvalue weighted by molar-refractivity contribution is 0.201. The van der Waals surface area contributed by atoms with Gasteiger partial charge in [0.25, 0.3) is 0 Å². The smallest absolute Gasteiger partial charge is 0.148 e. The van der Waals surface area contributed by atoms with E-state index in [0.29, 0.717) is 12.4 Å². The molecule has 0 bridgehead atoms. The van der Waals surface area contributed by atoms with Crippen LogP contribution in [-0.2, 0) is 6.42 Å². The summed E-state index contributed by atoms with van der Waals surface area (Å²) >= 11 is 0. The third kappa shape index (κ3) is 3.54. The molecule has 0 aliphatic rings. The van der Waals surface area contributed by atoms with Gasteiger partial charge in [0, 0.05) is 19.2 Å². The van der Waals surface area contributed by atoms with Crippen molar-refractivity contribution in [3.05, 3.63) is 11.9 Å². The topological polar surface area (TPSA) is 87.3 Å². The molecule has 0 saturated heterocycles. The van der Waals surface area contributed by atoms with E-state index in [1.165, 1.54) is 6.33 Å². The number of likely N-dealkylation sites (N-methyl/N-ethyl adjacent to an activating group) is 1. The first-order valence-corrected chi connectivity index (χ1v) is 5.79. The number of nitrogens with zero attached hydrogens (tertiary/aromatic N) is 3. The van der Waals surface area contributed by atoms with Crippen molar-refractivity contribution < 1.29 is 5.11 Å². The summed E-state index contributed by atoms with van der Waals surface area (Å²) in [7, 11) is 1.90. The van der Waals surface area contributed by atoms with Gasteiger partial charge in [-0.15, -0.1) is 0 Å². The average molecular weight is 239 g/mol. The second kappa shape index (κ2) is 6.36. The maximum atomic E-state index is 9.41. The van der Waals surface area contributed by atoms with Crippen LogP contribution in [0.5, 0.6) is 0 Å². The zero-order valence-electron chi connectivity index (χ0n) is 10.6. The van der Waals surface area contributed by atoms with Gasteiger partial charge in [-0.25, -0.2) is 15.8 Å². The monoisotopic (exact) mass is 239 g/mol. The van der Waals surface area contributed by atoms with Crippen molar-refractivity contribution in [1.82, 2.24) is 9.97 Å². The number of nitrogen functional groups attached to an aromatic ring is 1. The van der Waals surface area contributed by atoms with Crippen LogP contribution in [0.25, 0.3) is 0 Å². The largest absolute Gasteiger partial charge is 0.392 e. The van der Waals surface area contributed by atoms with Gasteiger partial charge in [-0.3, -0.25) is 0 Å². The number of hydrogen-bond donors (Lipinski definition) is 3. The lowest BCUT2D eigenvalue weighted by atomic mass is 10.1. The number of anilines is 2. The molecule has 1 atom stereocenters. The summed E-state index contributed by atoms with van der Waals surface area (Å²) in [5.41, 5.74) is 3.58. The minimum atomic E-state index is -0.404. The Morgan fingerprint density at radius 3 is 2.76 bits per heavy atom. The molecule has 0 saturated carbocycles. The van der Waals surface area contributed by atoms with Crippen LogP contribution in [-0.4, -0.2) is 34.8 Å². The molecule has 6 heteroatoms.